The van der Waals surface area contributed by atoms with Gasteiger partial charge in [-0.1, -0.05) is 41.9 Å². The number of aromatic nitrogens is 3. The molecular weight excluding hydrogens is 424 g/mol. The molecule has 0 bridgehead atoms. The number of halogens is 1. The van der Waals surface area contributed by atoms with Crippen LogP contribution in [0, 0.1) is 6.92 Å². The van der Waals surface area contributed by atoms with Gasteiger partial charge in [-0.2, -0.15) is 0 Å². The van der Waals surface area contributed by atoms with Crippen molar-refractivity contribution in [3.8, 4) is 16.8 Å². The van der Waals surface area contributed by atoms with Crippen molar-refractivity contribution in [1.82, 2.24) is 19.0 Å². The lowest BCUT2D eigenvalue weighted by molar-refractivity contribution is 0.0686. The van der Waals surface area contributed by atoms with Crippen LogP contribution in [0.3, 0.4) is 0 Å². The summed E-state index contributed by atoms with van der Waals surface area (Å²) in [6, 6.07) is 19.2. The van der Waals surface area contributed by atoms with Crippen LogP contribution in [0.25, 0.3) is 16.8 Å². The van der Waals surface area contributed by atoms with Crippen LogP contribution in [-0.4, -0.2) is 31.5 Å². The van der Waals surface area contributed by atoms with Crippen molar-refractivity contribution in [2.75, 3.05) is 6.54 Å². The monoisotopic (exact) mass is 444 g/mol. The van der Waals surface area contributed by atoms with Crippen molar-refractivity contribution < 1.29 is 4.79 Å². The molecule has 2 aromatic heterocycles. The van der Waals surface area contributed by atoms with Crippen LogP contribution in [-0.2, 0) is 13.1 Å². The smallest absolute Gasteiger partial charge is 0.275 e. The van der Waals surface area contributed by atoms with E-state index in [0.717, 1.165) is 22.4 Å². The fourth-order valence-corrected chi connectivity index (χ4v) is 4.20. The van der Waals surface area contributed by atoms with Gasteiger partial charge in [-0.25, -0.2) is 4.98 Å². The largest absolute Gasteiger partial charge is 0.331 e. The Kier molecular flexibility index (Phi) is 5.15. The second-order valence-electron chi connectivity index (χ2n) is 7.92. The molecule has 0 radical (unpaired) electrons. The molecule has 0 atom stereocenters. The Hall–Kier alpha value is -3.64. The SMILES string of the molecule is Cc1cn(-c2ccc3n(c2=O)CCN(Cc2cccc(-c4ccc(Cl)cc4)c2)C3=O)cn1. The number of hydrogen-bond donors (Lipinski definition) is 0. The maximum Gasteiger partial charge on any atom is 0.275 e. The molecule has 1 aliphatic heterocycles. The molecule has 6 nitrogen and oxygen atoms in total. The Bertz CT molecular complexity index is 1370. The number of carbonyl (C=O) groups excluding carboxylic acids is 1. The van der Waals surface area contributed by atoms with Gasteiger partial charge >= 0.3 is 0 Å². The maximum atomic E-state index is 13.2. The zero-order valence-corrected chi connectivity index (χ0v) is 18.3. The van der Waals surface area contributed by atoms with E-state index in [4.69, 9.17) is 11.6 Å². The second-order valence-corrected chi connectivity index (χ2v) is 8.35. The van der Waals surface area contributed by atoms with Crippen molar-refractivity contribution in [3.05, 3.63) is 106 Å². The molecule has 0 saturated carbocycles. The predicted molar refractivity (Wildman–Crippen MR) is 124 cm³/mol. The standard InChI is InChI=1S/C25H21ClN4O2/c1-17-14-29(16-27-17)22-9-10-23-24(31)28(11-12-30(23)25(22)32)15-18-3-2-4-20(13-18)19-5-7-21(26)8-6-19/h2-10,13-14,16H,11-12,15H2,1H3. The molecule has 1 amide bonds. The van der Waals surface area contributed by atoms with Crippen LogP contribution in [0.1, 0.15) is 21.7 Å². The fourth-order valence-electron chi connectivity index (χ4n) is 4.07. The van der Waals surface area contributed by atoms with E-state index in [2.05, 4.69) is 11.1 Å². The van der Waals surface area contributed by atoms with Crippen LogP contribution in [0.5, 0.6) is 0 Å². The third-order valence-corrected chi connectivity index (χ3v) is 5.97. The molecule has 0 unspecified atom stereocenters. The summed E-state index contributed by atoms with van der Waals surface area (Å²) in [5.41, 5.74) is 4.72. The molecule has 0 aliphatic carbocycles. The maximum absolute atomic E-state index is 13.2. The number of amides is 1. The van der Waals surface area contributed by atoms with E-state index in [1.165, 1.54) is 0 Å². The number of carbonyl (C=O) groups is 1. The summed E-state index contributed by atoms with van der Waals surface area (Å²) < 4.78 is 3.26. The van der Waals surface area contributed by atoms with Gasteiger partial charge in [0.2, 0.25) is 0 Å². The van der Waals surface area contributed by atoms with Crippen LogP contribution >= 0.6 is 11.6 Å². The van der Waals surface area contributed by atoms with E-state index < -0.39 is 0 Å². The number of imidazole rings is 1. The Morgan fingerprint density at radius 2 is 1.78 bits per heavy atom. The Morgan fingerprint density at radius 1 is 0.969 bits per heavy atom. The zero-order chi connectivity index (χ0) is 22.2. The lowest BCUT2D eigenvalue weighted by Gasteiger charge is -2.30. The molecule has 7 heteroatoms. The Balaban J connectivity index is 1.40. The van der Waals surface area contributed by atoms with Gasteiger partial charge in [-0.3, -0.25) is 9.59 Å². The van der Waals surface area contributed by atoms with Crippen LogP contribution < -0.4 is 5.56 Å². The van der Waals surface area contributed by atoms with E-state index in [1.54, 1.807) is 38.7 Å². The molecule has 0 spiro atoms. The van der Waals surface area contributed by atoms with E-state index >= 15 is 0 Å². The van der Waals surface area contributed by atoms with Crippen molar-refractivity contribution in [2.45, 2.75) is 20.0 Å². The molecule has 2 aromatic carbocycles. The van der Waals surface area contributed by atoms with Gasteiger partial charge in [0.15, 0.2) is 0 Å². The normalized spacial score (nSPS) is 13.3. The number of pyridine rings is 1. The molecule has 1 aliphatic rings. The van der Waals surface area contributed by atoms with Crippen LogP contribution in [0.15, 0.2) is 78.0 Å². The Morgan fingerprint density at radius 3 is 2.53 bits per heavy atom. The van der Waals surface area contributed by atoms with Crippen LogP contribution in [0.2, 0.25) is 5.02 Å². The van der Waals surface area contributed by atoms with Gasteiger partial charge in [0.25, 0.3) is 11.5 Å². The van der Waals surface area contributed by atoms with Gasteiger partial charge in [0.05, 0.1) is 12.0 Å². The third-order valence-electron chi connectivity index (χ3n) is 5.72. The predicted octanol–water partition coefficient (Wildman–Crippen LogP) is 4.32. The van der Waals surface area contributed by atoms with Gasteiger partial charge in [-0.15, -0.1) is 0 Å². The summed E-state index contributed by atoms with van der Waals surface area (Å²) in [5.74, 6) is -0.140. The summed E-state index contributed by atoms with van der Waals surface area (Å²) in [7, 11) is 0. The number of benzene rings is 2. The summed E-state index contributed by atoms with van der Waals surface area (Å²) in [4.78, 5) is 32.1. The highest BCUT2D eigenvalue weighted by molar-refractivity contribution is 6.30. The molecule has 0 saturated heterocycles. The molecule has 5 rings (SSSR count). The molecule has 0 N–H and O–H groups in total. The minimum Gasteiger partial charge on any atom is -0.331 e. The first-order valence-corrected chi connectivity index (χ1v) is 10.8. The summed E-state index contributed by atoms with van der Waals surface area (Å²) >= 11 is 6.00. The number of hydrogen-bond acceptors (Lipinski definition) is 3. The van der Waals surface area contributed by atoms with E-state index in [9.17, 15) is 9.59 Å². The number of rotatable bonds is 4. The average Bonchev–Trinajstić information content (AvgIpc) is 3.23. The van der Waals surface area contributed by atoms with Crippen molar-refractivity contribution in [1.29, 1.82) is 0 Å². The molecule has 160 valence electrons. The molecule has 3 heterocycles. The number of aryl methyl sites for hydroxylation is 1. The molecule has 4 aromatic rings. The van der Waals surface area contributed by atoms with E-state index in [0.29, 0.717) is 36.0 Å². The zero-order valence-electron chi connectivity index (χ0n) is 17.5. The average molecular weight is 445 g/mol. The molecule has 0 fully saturated rings. The van der Waals surface area contributed by atoms with Gasteiger partial charge in [0, 0.05) is 30.9 Å². The third kappa shape index (κ3) is 3.74. The van der Waals surface area contributed by atoms with Crippen LogP contribution in [0.4, 0.5) is 0 Å². The second kappa shape index (κ2) is 8.13. The van der Waals surface area contributed by atoms with Crippen molar-refractivity contribution >= 4 is 17.5 Å². The first-order valence-electron chi connectivity index (χ1n) is 10.4. The first-order chi connectivity index (χ1) is 15.5. The highest BCUT2D eigenvalue weighted by atomic mass is 35.5. The van der Waals surface area contributed by atoms with Crippen molar-refractivity contribution in [2.24, 2.45) is 0 Å². The van der Waals surface area contributed by atoms with E-state index in [1.807, 2.05) is 49.4 Å². The fraction of sp³-hybridized carbons (Fsp3) is 0.160. The highest BCUT2D eigenvalue weighted by Crippen LogP contribution is 2.24. The summed E-state index contributed by atoms with van der Waals surface area (Å²) in [6.45, 7) is 3.29. The first kappa shape index (κ1) is 20.3. The summed E-state index contributed by atoms with van der Waals surface area (Å²) in [6.07, 6.45) is 3.41. The highest BCUT2D eigenvalue weighted by Gasteiger charge is 2.26. The Labute approximate surface area is 190 Å². The number of fused-ring (bicyclic) bond motifs is 1. The molecular formula is C25H21ClN4O2. The quantitative estimate of drug-likeness (QED) is 0.471. The summed E-state index contributed by atoms with van der Waals surface area (Å²) in [5, 5.41) is 0.698. The molecule has 32 heavy (non-hydrogen) atoms. The van der Waals surface area contributed by atoms with Crippen molar-refractivity contribution in [3.63, 3.8) is 0 Å². The topological polar surface area (TPSA) is 60.1 Å². The minimum atomic E-state index is -0.183. The van der Waals surface area contributed by atoms with Gasteiger partial charge in [0.1, 0.15) is 11.4 Å². The minimum absolute atomic E-state index is 0.140. The van der Waals surface area contributed by atoms with Gasteiger partial charge < -0.3 is 14.0 Å². The van der Waals surface area contributed by atoms with E-state index in [-0.39, 0.29) is 11.5 Å². The van der Waals surface area contributed by atoms with Gasteiger partial charge in [-0.05, 0) is 53.9 Å². The lowest BCUT2D eigenvalue weighted by Crippen LogP contribution is -2.44. The lowest BCUT2D eigenvalue weighted by atomic mass is 10.0. The number of nitrogens with zero attached hydrogens (tertiary/aromatic N) is 4.